The third-order valence-corrected chi connectivity index (χ3v) is 7.55. The molecule has 0 spiro atoms. The second-order valence-corrected chi connectivity index (χ2v) is 9.77. The van der Waals surface area contributed by atoms with E-state index in [2.05, 4.69) is 6.58 Å². The third-order valence-electron chi connectivity index (χ3n) is 7.55. The number of fused-ring (bicyclic) bond motifs is 3. The number of Topliss-reactive ketones (excluding diaryl/α,β-unsaturated/α-hetero) is 1. The standard InChI is InChI=1S/C22H20O6.C7H17NO3.C2H6/c1-10-12-4-3-5-16(28-2)18(12)22(27)19-17(10)21(26)14-8-11(15(24)9-23)6-7-13(14)20(19)25;1-5(11-2)7(10)6(8)3-4-9;1-2/h3-5,11,23,25-26H,1,6-9H2,2H3;5-7,9-10H,3-4,8H2,1-2H3;1-2H3/t11-;;/m0../s1. The predicted octanol–water partition coefficient (Wildman–Crippen LogP) is 2.50. The number of aromatic hydroxyl groups is 2. The lowest BCUT2D eigenvalue weighted by molar-refractivity contribution is -0.126. The van der Waals surface area contributed by atoms with Crippen molar-refractivity contribution in [3.05, 3.63) is 58.2 Å². The van der Waals surface area contributed by atoms with Crippen LogP contribution in [0.1, 0.15) is 71.8 Å². The molecule has 2 aromatic carbocycles. The van der Waals surface area contributed by atoms with E-state index in [-0.39, 0.29) is 47.5 Å². The van der Waals surface area contributed by atoms with Crippen molar-refractivity contribution in [1.82, 2.24) is 0 Å². The number of aliphatic hydroxyl groups is 3. The van der Waals surface area contributed by atoms with Crippen LogP contribution >= 0.6 is 0 Å². The molecule has 41 heavy (non-hydrogen) atoms. The number of ether oxygens (including phenoxy) is 2. The van der Waals surface area contributed by atoms with Crippen molar-refractivity contribution in [3.63, 3.8) is 0 Å². The molecule has 7 N–H and O–H groups in total. The van der Waals surface area contributed by atoms with E-state index in [1.807, 2.05) is 13.8 Å². The van der Waals surface area contributed by atoms with E-state index < -0.39 is 30.5 Å². The van der Waals surface area contributed by atoms with E-state index in [1.165, 1.54) is 14.2 Å². The fraction of sp³-hybridized carbons (Fsp3) is 0.484. The molecule has 0 fully saturated rings. The topological polar surface area (TPSA) is 180 Å². The highest BCUT2D eigenvalue weighted by Gasteiger charge is 2.38. The van der Waals surface area contributed by atoms with Gasteiger partial charge in [0.25, 0.3) is 0 Å². The quantitative estimate of drug-likeness (QED) is 0.219. The molecule has 4 atom stereocenters. The summed E-state index contributed by atoms with van der Waals surface area (Å²) in [7, 11) is 2.98. The van der Waals surface area contributed by atoms with Crippen molar-refractivity contribution in [2.45, 2.75) is 64.7 Å². The molecular formula is C31H43NO9. The largest absolute Gasteiger partial charge is 0.507 e. The molecule has 2 aliphatic carbocycles. The zero-order valence-electron chi connectivity index (χ0n) is 24.4. The molecule has 0 aliphatic heterocycles. The second-order valence-electron chi connectivity index (χ2n) is 9.77. The summed E-state index contributed by atoms with van der Waals surface area (Å²) in [4.78, 5) is 25.2. The Kier molecular flexibility index (Phi) is 12.5. The molecule has 10 heteroatoms. The Balaban J connectivity index is 0.000000384. The number of benzene rings is 2. The highest BCUT2D eigenvalue weighted by Crippen LogP contribution is 2.50. The van der Waals surface area contributed by atoms with Crippen LogP contribution in [0.15, 0.2) is 24.8 Å². The smallest absolute Gasteiger partial charge is 0.201 e. The number of hydrogen-bond acceptors (Lipinski definition) is 10. The minimum Gasteiger partial charge on any atom is -0.507 e. The van der Waals surface area contributed by atoms with Crippen LogP contribution in [0.2, 0.25) is 0 Å². The average molecular weight is 574 g/mol. The summed E-state index contributed by atoms with van der Waals surface area (Å²) < 4.78 is 10.2. The van der Waals surface area contributed by atoms with Crippen molar-refractivity contribution < 1.29 is 44.6 Å². The van der Waals surface area contributed by atoms with Crippen LogP contribution < -0.4 is 10.5 Å². The van der Waals surface area contributed by atoms with E-state index in [4.69, 9.17) is 25.4 Å². The van der Waals surface area contributed by atoms with Gasteiger partial charge >= 0.3 is 0 Å². The van der Waals surface area contributed by atoms with E-state index in [1.54, 1.807) is 25.1 Å². The minimum atomic E-state index is -0.702. The first-order chi connectivity index (χ1) is 19.5. The van der Waals surface area contributed by atoms with E-state index in [9.17, 15) is 24.9 Å². The first kappa shape index (κ1) is 33.9. The lowest BCUT2D eigenvalue weighted by Crippen LogP contribution is -2.43. The van der Waals surface area contributed by atoms with Crippen LogP contribution in [0, 0.1) is 5.92 Å². The van der Waals surface area contributed by atoms with Gasteiger partial charge in [-0.2, -0.15) is 0 Å². The Hall–Kier alpha value is -3.28. The number of phenolic OH excluding ortho intramolecular Hbond substituents is 2. The molecule has 0 heterocycles. The van der Waals surface area contributed by atoms with Crippen molar-refractivity contribution in [2.75, 3.05) is 27.4 Å². The number of carbonyl (C=O) groups excluding carboxylic acids is 2. The second kappa shape index (κ2) is 15.1. The summed E-state index contributed by atoms with van der Waals surface area (Å²) in [6, 6.07) is 4.70. The van der Waals surface area contributed by atoms with Crippen LogP contribution in [0.4, 0.5) is 0 Å². The maximum atomic E-state index is 13.2. The van der Waals surface area contributed by atoms with Crippen LogP contribution in [-0.4, -0.2) is 82.8 Å². The number of phenols is 2. The number of rotatable bonds is 8. The zero-order chi connectivity index (χ0) is 31.0. The Bertz CT molecular complexity index is 1260. The first-order valence-corrected chi connectivity index (χ1v) is 13.8. The molecule has 0 radical (unpaired) electrons. The Morgan fingerprint density at radius 2 is 1.73 bits per heavy atom. The third kappa shape index (κ3) is 6.79. The molecule has 0 amide bonds. The van der Waals surface area contributed by atoms with Crippen LogP contribution in [0.25, 0.3) is 5.57 Å². The first-order valence-electron chi connectivity index (χ1n) is 13.8. The van der Waals surface area contributed by atoms with Gasteiger partial charge in [0.2, 0.25) is 5.78 Å². The summed E-state index contributed by atoms with van der Waals surface area (Å²) in [5.74, 6) is -1.10. The van der Waals surface area contributed by atoms with Crippen LogP contribution in [0.3, 0.4) is 0 Å². The number of aliphatic hydroxyl groups excluding tert-OH is 3. The molecule has 226 valence electrons. The lowest BCUT2D eigenvalue weighted by Gasteiger charge is -2.30. The van der Waals surface area contributed by atoms with Gasteiger partial charge in [-0.15, -0.1) is 0 Å². The Morgan fingerprint density at radius 3 is 2.29 bits per heavy atom. The minimum absolute atomic E-state index is 0.00530. The van der Waals surface area contributed by atoms with Gasteiger partial charge in [0.1, 0.15) is 23.9 Å². The van der Waals surface area contributed by atoms with Crippen LogP contribution in [-0.2, 0) is 22.4 Å². The van der Waals surface area contributed by atoms with Gasteiger partial charge in [-0.1, -0.05) is 32.6 Å². The molecule has 0 aromatic heterocycles. The van der Waals surface area contributed by atoms with E-state index >= 15 is 0 Å². The lowest BCUT2D eigenvalue weighted by atomic mass is 9.74. The maximum absolute atomic E-state index is 13.2. The SMILES string of the molecule is C=C1c2cccc(OC)c2C(=O)c2c(O)c3c(c(O)c21)C[C@@H](C(=O)CO)CC3.CC.COC(C)C(O)C(N)CCO. The average Bonchev–Trinajstić information content (AvgIpc) is 3.01. The van der Waals surface area contributed by atoms with Gasteiger partial charge in [0.15, 0.2) is 5.78 Å². The van der Waals surface area contributed by atoms with Gasteiger partial charge < -0.3 is 40.7 Å². The highest BCUT2D eigenvalue weighted by molar-refractivity contribution is 6.22. The summed E-state index contributed by atoms with van der Waals surface area (Å²) in [6.07, 6.45) is 0.385. The number of methoxy groups -OCH3 is 2. The molecule has 4 rings (SSSR count). The molecule has 10 nitrogen and oxygen atoms in total. The molecule has 2 aliphatic rings. The van der Waals surface area contributed by atoms with Crippen LogP contribution in [0.5, 0.6) is 17.2 Å². The number of hydrogen-bond donors (Lipinski definition) is 6. The van der Waals surface area contributed by atoms with Gasteiger partial charge in [0, 0.05) is 42.4 Å². The summed E-state index contributed by atoms with van der Waals surface area (Å²) in [5, 5.41) is 48.9. The molecule has 0 bridgehead atoms. The van der Waals surface area contributed by atoms with Crippen molar-refractivity contribution in [3.8, 4) is 17.2 Å². The highest BCUT2D eigenvalue weighted by atomic mass is 16.5. The summed E-state index contributed by atoms with van der Waals surface area (Å²) in [6.45, 7) is 9.22. The number of nitrogens with two attached hydrogens (primary N) is 1. The van der Waals surface area contributed by atoms with Gasteiger partial charge in [0.05, 0.1) is 30.4 Å². The van der Waals surface area contributed by atoms with Crippen molar-refractivity contribution >= 4 is 17.1 Å². The monoisotopic (exact) mass is 573 g/mol. The summed E-state index contributed by atoms with van der Waals surface area (Å²) >= 11 is 0. The number of ketones is 2. The molecule has 2 aromatic rings. The van der Waals surface area contributed by atoms with Gasteiger partial charge in [-0.05, 0) is 49.8 Å². The fourth-order valence-corrected chi connectivity index (χ4v) is 5.15. The van der Waals surface area contributed by atoms with Crippen molar-refractivity contribution in [2.24, 2.45) is 11.7 Å². The maximum Gasteiger partial charge on any atom is 0.201 e. The van der Waals surface area contributed by atoms with Gasteiger partial charge in [-0.25, -0.2) is 0 Å². The Labute approximate surface area is 241 Å². The molecule has 0 saturated carbocycles. The summed E-state index contributed by atoms with van der Waals surface area (Å²) in [5.41, 5.74) is 7.89. The fourth-order valence-electron chi connectivity index (χ4n) is 5.15. The predicted molar refractivity (Wildman–Crippen MR) is 155 cm³/mol. The van der Waals surface area contributed by atoms with Gasteiger partial charge in [-0.3, -0.25) is 9.59 Å². The number of carbonyl (C=O) groups is 2. The zero-order valence-corrected chi connectivity index (χ0v) is 24.4. The van der Waals surface area contributed by atoms with Crippen molar-refractivity contribution in [1.29, 1.82) is 0 Å². The Morgan fingerprint density at radius 1 is 1.10 bits per heavy atom. The molecule has 0 saturated heterocycles. The molecule has 3 unspecified atom stereocenters. The molecular weight excluding hydrogens is 530 g/mol. The van der Waals surface area contributed by atoms with E-state index in [0.717, 1.165) is 0 Å². The normalized spacial score (nSPS) is 17.3. The van der Waals surface area contributed by atoms with E-state index in [0.29, 0.717) is 52.8 Å².